The van der Waals surface area contributed by atoms with Gasteiger partial charge in [0.25, 0.3) is 0 Å². The van der Waals surface area contributed by atoms with Crippen LogP contribution in [-0.4, -0.2) is 26.4 Å². The molecule has 0 fully saturated rings. The highest BCUT2D eigenvalue weighted by molar-refractivity contribution is 8.00. The smallest absolute Gasteiger partial charge is 0.235 e. The van der Waals surface area contributed by atoms with Crippen molar-refractivity contribution in [3.05, 3.63) is 78.1 Å². The molecule has 0 aliphatic heterocycles. The summed E-state index contributed by atoms with van der Waals surface area (Å²) in [6, 6.07) is 19.9. The zero-order chi connectivity index (χ0) is 19.5. The van der Waals surface area contributed by atoms with Gasteiger partial charge in [0.2, 0.25) is 5.91 Å². The number of carbonyl (C=O) groups is 1. The predicted molar refractivity (Wildman–Crippen MR) is 114 cm³/mol. The number of rotatable bonds is 5. The average Bonchev–Trinajstić information content (AvgIpc) is 3.07. The lowest BCUT2D eigenvalue weighted by molar-refractivity contribution is -0.113. The van der Waals surface area contributed by atoms with Crippen LogP contribution in [0.15, 0.2) is 71.8 Å². The number of hydrogen-bond donors (Lipinski definition) is 1. The van der Waals surface area contributed by atoms with Crippen LogP contribution in [0.2, 0.25) is 0 Å². The summed E-state index contributed by atoms with van der Waals surface area (Å²) in [5.74, 6) is 0.891. The van der Waals surface area contributed by atoms with Crippen molar-refractivity contribution in [2.45, 2.75) is 18.7 Å². The zero-order valence-electron chi connectivity index (χ0n) is 15.7. The summed E-state index contributed by atoms with van der Waals surface area (Å²) in [5, 5.41) is 8.56. The maximum absolute atomic E-state index is 12.6. The minimum absolute atomic E-state index is 0.0776. The fourth-order valence-corrected chi connectivity index (χ4v) is 3.83. The van der Waals surface area contributed by atoms with Crippen LogP contribution in [0.5, 0.6) is 0 Å². The van der Waals surface area contributed by atoms with Crippen molar-refractivity contribution >= 4 is 34.4 Å². The fourth-order valence-electron chi connectivity index (χ4n) is 2.99. The van der Waals surface area contributed by atoms with Gasteiger partial charge in [-0.25, -0.2) is 4.68 Å². The summed E-state index contributed by atoms with van der Waals surface area (Å²) < 4.78 is 1.76. The Morgan fingerprint density at radius 1 is 1.07 bits per heavy atom. The number of aryl methyl sites for hydroxylation is 2. The first-order valence-electron chi connectivity index (χ1n) is 9.00. The largest absolute Gasteiger partial charge is 0.310 e. The summed E-state index contributed by atoms with van der Waals surface area (Å²) in [4.78, 5) is 18.0. The van der Waals surface area contributed by atoms with E-state index in [0.29, 0.717) is 11.6 Å². The Morgan fingerprint density at radius 3 is 2.68 bits per heavy atom. The van der Waals surface area contributed by atoms with Crippen LogP contribution in [-0.2, 0) is 4.79 Å². The van der Waals surface area contributed by atoms with E-state index in [9.17, 15) is 4.79 Å². The lowest BCUT2D eigenvalue weighted by Crippen LogP contribution is -2.17. The normalized spacial score (nSPS) is 10.9. The number of para-hydroxylation sites is 1. The third-order valence-corrected chi connectivity index (χ3v) is 5.38. The fraction of sp³-hybridized carbons (Fsp3) is 0.136. The van der Waals surface area contributed by atoms with Crippen LogP contribution in [0, 0.1) is 13.8 Å². The van der Waals surface area contributed by atoms with E-state index in [0.717, 1.165) is 27.2 Å². The minimum Gasteiger partial charge on any atom is -0.310 e. The molecule has 0 aliphatic carbocycles. The quantitative estimate of drug-likeness (QED) is 0.501. The lowest BCUT2D eigenvalue weighted by atomic mass is 10.2. The van der Waals surface area contributed by atoms with E-state index in [1.807, 2.05) is 74.5 Å². The van der Waals surface area contributed by atoms with E-state index in [4.69, 9.17) is 0 Å². The maximum atomic E-state index is 12.6. The molecule has 0 atom stereocenters. The van der Waals surface area contributed by atoms with Crippen LogP contribution in [0.4, 0.5) is 5.82 Å². The SMILES string of the molecule is Cc1ccc(-n2nc(C)cc2NC(=O)CSc2cccc3cccnc23)cc1. The van der Waals surface area contributed by atoms with Gasteiger partial charge in [-0.15, -0.1) is 11.8 Å². The number of nitrogens with one attached hydrogen (secondary N) is 1. The number of anilines is 1. The van der Waals surface area contributed by atoms with Crippen LogP contribution < -0.4 is 5.32 Å². The van der Waals surface area contributed by atoms with E-state index in [-0.39, 0.29) is 5.91 Å². The standard InChI is InChI=1S/C22H20N4OS/c1-15-8-10-18(11-9-15)26-20(13-16(2)25-26)24-21(27)14-28-19-7-3-5-17-6-4-12-23-22(17)19/h3-13H,14H2,1-2H3,(H,24,27). The van der Waals surface area contributed by atoms with Gasteiger partial charge < -0.3 is 5.32 Å². The molecular weight excluding hydrogens is 368 g/mol. The van der Waals surface area contributed by atoms with Crippen molar-refractivity contribution in [3.8, 4) is 5.69 Å². The number of amides is 1. The van der Waals surface area contributed by atoms with Gasteiger partial charge in [0.1, 0.15) is 5.82 Å². The predicted octanol–water partition coefficient (Wildman–Crippen LogP) is 4.77. The molecule has 2 heterocycles. The number of carbonyl (C=O) groups excluding carboxylic acids is 1. The van der Waals surface area contributed by atoms with Crippen molar-refractivity contribution < 1.29 is 4.79 Å². The molecule has 6 heteroatoms. The second-order valence-corrected chi connectivity index (χ2v) is 7.60. The molecule has 2 aromatic carbocycles. The van der Waals surface area contributed by atoms with Crippen molar-refractivity contribution in [2.24, 2.45) is 0 Å². The Hall–Kier alpha value is -3.12. The third kappa shape index (κ3) is 3.92. The molecule has 0 saturated heterocycles. The molecule has 0 spiro atoms. The zero-order valence-corrected chi connectivity index (χ0v) is 16.5. The molecule has 1 amide bonds. The van der Waals surface area contributed by atoms with Gasteiger partial charge in [-0.1, -0.05) is 35.9 Å². The molecule has 5 nitrogen and oxygen atoms in total. The van der Waals surface area contributed by atoms with Crippen molar-refractivity contribution in [1.82, 2.24) is 14.8 Å². The van der Waals surface area contributed by atoms with E-state index in [1.165, 1.54) is 17.3 Å². The molecule has 0 aliphatic rings. The number of aromatic nitrogens is 3. The number of benzene rings is 2. The number of nitrogens with zero attached hydrogens (tertiary/aromatic N) is 3. The first-order chi connectivity index (χ1) is 13.6. The number of thioether (sulfide) groups is 1. The number of hydrogen-bond acceptors (Lipinski definition) is 4. The lowest BCUT2D eigenvalue weighted by Gasteiger charge is -2.10. The van der Waals surface area contributed by atoms with Crippen molar-refractivity contribution in [1.29, 1.82) is 0 Å². The number of fused-ring (bicyclic) bond motifs is 1. The summed E-state index contributed by atoms with van der Waals surface area (Å²) in [7, 11) is 0. The molecular formula is C22H20N4OS. The van der Waals surface area contributed by atoms with E-state index in [2.05, 4.69) is 15.4 Å². The molecule has 4 aromatic rings. The molecule has 0 unspecified atom stereocenters. The summed E-state index contributed by atoms with van der Waals surface area (Å²) in [6.45, 7) is 3.96. The van der Waals surface area contributed by atoms with Crippen molar-refractivity contribution in [2.75, 3.05) is 11.1 Å². The van der Waals surface area contributed by atoms with Gasteiger partial charge in [0.15, 0.2) is 0 Å². The van der Waals surface area contributed by atoms with Gasteiger partial charge in [0, 0.05) is 22.5 Å². The highest BCUT2D eigenvalue weighted by Gasteiger charge is 2.12. The van der Waals surface area contributed by atoms with Gasteiger partial charge in [-0.3, -0.25) is 9.78 Å². The molecule has 2 aromatic heterocycles. The highest BCUT2D eigenvalue weighted by Crippen LogP contribution is 2.26. The first-order valence-corrected chi connectivity index (χ1v) is 9.99. The Kier molecular flexibility index (Phi) is 5.12. The second kappa shape index (κ2) is 7.86. The third-order valence-electron chi connectivity index (χ3n) is 4.33. The Morgan fingerprint density at radius 2 is 1.86 bits per heavy atom. The molecule has 0 bridgehead atoms. The molecule has 0 saturated carbocycles. The van der Waals surface area contributed by atoms with E-state index >= 15 is 0 Å². The summed E-state index contributed by atoms with van der Waals surface area (Å²) in [6.07, 6.45) is 1.77. The van der Waals surface area contributed by atoms with E-state index < -0.39 is 0 Å². The van der Waals surface area contributed by atoms with Crippen LogP contribution in [0.1, 0.15) is 11.3 Å². The van der Waals surface area contributed by atoms with Gasteiger partial charge in [-0.2, -0.15) is 5.10 Å². The number of pyridine rings is 1. The highest BCUT2D eigenvalue weighted by atomic mass is 32.2. The molecule has 0 radical (unpaired) electrons. The molecule has 4 rings (SSSR count). The Balaban J connectivity index is 1.49. The maximum Gasteiger partial charge on any atom is 0.235 e. The average molecular weight is 388 g/mol. The summed E-state index contributed by atoms with van der Waals surface area (Å²) >= 11 is 1.48. The van der Waals surface area contributed by atoms with Crippen molar-refractivity contribution in [3.63, 3.8) is 0 Å². The Bertz CT molecular complexity index is 1130. The van der Waals surface area contributed by atoms with Gasteiger partial charge in [0.05, 0.1) is 22.7 Å². The minimum atomic E-state index is -0.0776. The first kappa shape index (κ1) is 18.3. The van der Waals surface area contributed by atoms with Crippen LogP contribution >= 0.6 is 11.8 Å². The molecule has 28 heavy (non-hydrogen) atoms. The Labute approximate surface area is 167 Å². The second-order valence-electron chi connectivity index (χ2n) is 6.59. The van der Waals surface area contributed by atoms with Gasteiger partial charge >= 0.3 is 0 Å². The molecule has 1 N–H and O–H groups in total. The van der Waals surface area contributed by atoms with Crippen LogP contribution in [0.25, 0.3) is 16.6 Å². The monoisotopic (exact) mass is 388 g/mol. The summed E-state index contributed by atoms with van der Waals surface area (Å²) in [5.41, 5.74) is 3.86. The topological polar surface area (TPSA) is 59.8 Å². The van der Waals surface area contributed by atoms with E-state index in [1.54, 1.807) is 10.9 Å². The van der Waals surface area contributed by atoms with Gasteiger partial charge in [-0.05, 0) is 38.1 Å². The molecule has 140 valence electrons. The van der Waals surface area contributed by atoms with Crippen LogP contribution in [0.3, 0.4) is 0 Å².